The molecule has 0 unspecified atom stereocenters. The van der Waals surface area contributed by atoms with Gasteiger partial charge in [0.2, 0.25) is 0 Å². The summed E-state index contributed by atoms with van der Waals surface area (Å²) in [5.74, 6) is 0. The summed E-state index contributed by atoms with van der Waals surface area (Å²) < 4.78 is 0. The van der Waals surface area contributed by atoms with Crippen LogP contribution < -0.4 is 10.6 Å². The van der Waals surface area contributed by atoms with E-state index in [1.807, 2.05) is 79.4 Å². The van der Waals surface area contributed by atoms with E-state index in [2.05, 4.69) is 80.8 Å². The largest absolute Gasteiger partial charge is 0.359 e. The molecular formula is C38H34N6. The molecule has 0 bridgehead atoms. The average Bonchev–Trinajstić information content (AvgIpc) is 3.46. The zero-order valence-corrected chi connectivity index (χ0v) is 25.3. The normalized spacial score (nSPS) is 19.4. The molecule has 4 aromatic rings. The fourth-order valence-corrected chi connectivity index (χ4v) is 6.20. The van der Waals surface area contributed by atoms with E-state index in [0.717, 1.165) is 56.7 Å². The SMILES string of the molecule is CC1(C)C(C2=CNc3ccccc3N=CC(=C3Nc4ccccc4C3(C)C)C=Nc3ccccc3N=C2)=Nc2ccccc21. The first-order valence-corrected chi connectivity index (χ1v) is 14.9. The summed E-state index contributed by atoms with van der Waals surface area (Å²) in [5, 5.41) is 7.19. The summed E-state index contributed by atoms with van der Waals surface area (Å²) in [5.41, 5.74) is 11.0. The number of nitrogens with zero attached hydrogens (tertiary/aromatic N) is 4. The van der Waals surface area contributed by atoms with Crippen molar-refractivity contribution in [3.63, 3.8) is 0 Å². The molecule has 6 heteroatoms. The number of fused-ring (bicyclic) bond motifs is 4. The topological polar surface area (TPSA) is 73.5 Å². The van der Waals surface area contributed by atoms with Gasteiger partial charge in [0.05, 0.1) is 34.1 Å². The number of anilines is 2. The molecule has 0 spiro atoms. The zero-order chi connectivity index (χ0) is 30.3. The van der Waals surface area contributed by atoms with Gasteiger partial charge >= 0.3 is 0 Å². The molecule has 0 saturated carbocycles. The quantitative estimate of drug-likeness (QED) is 0.238. The van der Waals surface area contributed by atoms with Gasteiger partial charge in [0.15, 0.2) is 0 Å². The lowest BCUT2D eigenvalue weighted by Gasteiger charge is -2.23. The monoisotopic (exact) mass is 574 g/mol. The molecule has 0 fully saturated rings. The first kappa shape index (κ1) is 27.5. The van der Waals surface area contributed by atoms with E-state index >= 15 is 0 Å². The van der Waals surface area contributed by atoms with E-state index in [4.69, 9.17) is 20.0 Å². The van der Waals surface area contributed by atoms with Gasteiger partial charge in [-0.2, -0.15) is 0 Å². The number of allylic oxidation sites excluding steroid dienone is 3. The van der Waals surface area contributed by atoms with Gasteiger partial charge in [0.1, 0.15) is 0 Å². The molecule has 0 amide bonds. The first-order valence-electron chi connectivity index (χ1n) is 14.9. The Balaban J connectivity index is 1.38. The third kappa shape index (κ3) is 4.78. The van der Waals surface area contributed by atoms with Gasteiger partial charge in [-0.05, 0) is 47.5 Å². The van der Waals surface area contributed by atoms with Crippen molar-refractivity contribution in [3.05, 3.63) is 131 Å². The molecule has 0 aromatic heterocycles. The Kier molecular flexibility index (Phi) is 6.70. The third-order valence-corrected chi connectivity index (χ3v) is 8.65. The van der Waals surface area contributed by atoms with Crippen LogP contribution in [0.4, 0.5) is 34.1 Å². The molecule has 3 heterocycles. The highest BCUT2D eigenvalue weighted by Crippen LogP contribution is 2.45. The van der Waals surface area contributed by atoms with E-state index in [-0.39, 0.29) is 10.8 Å². The van der Waals surface area contributed by atoms with Crippen LogP contribution in [-0.2, 0) is 10.8 Å². The highest BCUT2D eigenvalue weighted by molar-refractivity contribution is 6.23. The van der Waals surface area contributed by atoms with Crippen LogP contribution in [0.25, 0.3) is 0 Å². The van der Waals surface area contributed by atoms with E-state index in [0.29, 0.717) is 0 Å². The number of benzene rings is 4. The summed E-state index contributed by atoms with van der Waals surface area (Å²) >= 11 is 0. The predicted molar refractivity (Wildman–Crippen MR) is 186 cm³/mol. The van der Waals surface area contributed by atoms with Gasteiger partial charge in [0, 0.05) is 58.2 Å². The molecule has 4 aromatic carbocycles. The van der Waals surface area contributed by atoms with Crippen LogP contribution in [0, 0.1) is 0 Å². The fourth-order valence-electron chi connectivity index (χ4n) is 6.20. The van der Waals surface area contributed by atoms with Crippen LogP contribution >= 0.6 is 0 Å². The third-order valence-electron chi connectivity index (χ3n) is 8.65. The number of rotatable bonds is 1. The number of hydrogen-bond acceptors (Lipinski definition) is 6. The molecule has 0 radical (unpaired) electrons. The van der Waals surface area contributed by atoms with Crippen LogP contribution in [0.2, 0.25) is 0 Å². The van der Waals surface area contributed by atoms with Crippen molar-refractivity contribution in [2.75, 3.05) is 10.6 Å². The summed E-state index contributed by atoms with van der Waals surface area (Å²) in [6.07, 6.45) is 7.68. The summed E-state index contributed by atoms with van der Waals surface area (Å²) in [6, 6.07) is 32.7. The first-order chi connectivity index (χ1) is 21.3. The van der Waals surface area contributed by atoms with Gasteiger partial charge in [-0.25, -0.2) is 0 Å². The zero-order valence-electron chi connectivity index (χ0n) is 25.3. The molecule has 3 aliphatic rings. The van der Waals surface area contributed by atoms with Crippen molar-refractivity contribution in [3.8, 4) is 0 Å². The Morgan fingerprint density at radius 2 is 1.07 bits per heavy atom. The Morgan fingerprint density at radius 1 is 0.523 bits per heavy atom. The van der Waals surface area contributed by atoms with Gasteiger partial charge in [-0.1, -0.05) is 88.4 Å². The number of nitrogens with one attached hydrogen (secondary N) is 2. The molecular weight excluding hydrogens is 540 g/mol. The molecule has 3 aliphatic heterocycles. The molecule has 6 nitrogen and oxygen atoms in total. The van der Waals surface area contributed by atoms with Crippen molar-refractivity contribution >= 4 is 58.5 Å². The van der Waals surface area contributed by atoms with Gasteiger partial charge in [-0.3, -0.25) is 20.0 Å². The minimum absolute atomic E-state index is 0.255. The summed E-state index contributed by atoms with van der Waals surface area (Å²) in [7, 11) is 0. The van der Waals surface area contributed by atoms with Crippen molar-refractivity contribution in [1.82, 2.24) is 0 Å². The van der Waals surface area contributed by atoms with Crippen molar-refractivity contribution < 1.29 is 0 Å². The highest BCUT2D eigenvalue weighted by Gasteiger charge is 2.37. The maximum absolute atomic E-state index is 5.07. The second kappa shape index (κ2) is 10.7. The van der Waals surface area contributed by atoms with Crippen LogP contribution in [0.5, 0.6) is 0 Å². The van der Waals surface area contributed by atoms with Crippen LogP contribution in [0.3, 0.4) is 0 Å². The highest BCUT2D eigenvalue weighted by atomic mass is 15.0. The minimum atomic E-state index is -0.295. The van der Waals surface area contributed by atoms with Gasteiger partial charge < -0.3 is 10.6 Å². The smallest absolute Gasteiger partial charge is 0.0886 e. The van der Waals surface area contributed by atoms with E-state index in [1.165, 1.54) is 11.1 Å². The van der Waals surface area contributed by atoms with Gasteiger partial charge in [0.25, 0.3) is 0 Å². The van der Waals surface area contributed by atoms with Crippen LogP contribution in [0.15, 0.2) is 140 Å². The lowest BCUT2D eigenvalue weighted by molar-refractivity contribution is 0.653. The Morgan fingerprint density at radius 3 is 1.75 bits per heavy atom. The van der Waals surface area contributed by atoms with Crippen LogP contribution in [-0.4, -0.2) is 24.4 Å². The molecule has 216 valence electrons. The fraction of sp³-hybridized carbons (Fsp3) is 0.158. The minimum Gasteiger partial charge on any atom is -0.359 e. The maximum atomic E-state index is 5.07. The van der Waals surface area contributed by atoms with E-state index in [9.17, 15) is 0 Å². The average molecular weight is 575 g/mol. The number of para-hydroxylation sites is 6. The van der Waals surface area contributed by atoms with Crippen molar-refractivity contribution in [2.24, 2.45) is 20.0 Å². The summed E-state index contributed by atoms with van der Waals surface area (Å²) in [4.78, 5) is 20.0. The van der Waals surface area contributed by atoms with Crippen molar-refractivity contribution in [1.29, 1.82) is 0 Å². The summed E-state index contributed by atoms with van der Waals surface area (Å²) in [6.45, 7) is 8.87. The molecule has 2 N–H and O–H groups in total. The van der Waals surface area contributed by atoms with Gasteiger partial charge in [-0.15, -0.1) is 0 Å². The molecule has 44 heavy (non-hydrogen) atoms. The molecule has 7 rings (SSSR count). The Bertz CT molecular complexity index is 1970. The molecule has 0 aliphatic carbocycles. The van der Waals surface area contributed by atoms with Crippen molar-refractivity contribution in [2.45, 2.75) is 38.5 Å². The number of hydrogen-bond donors (Lipinski definition) is 2. The molecule has 0 saturated heterocycles. The van der Waals surface area contributed by atoms with E-state index in [1.54, 1.807) is 0 Å². The number of aliphatic imine (C=N–C) groups is 4. The molecule has 0 atom stereocenters. The predicted octanol–water partition coefficient (Wildman–Crippen LogP) is 9.52. The van der Waals surface area contributed by atoms with E-state index < -0.39 is 0 Å². The standard InChI is InChI=1S/C38H34N6/c1-37(2)27-13-5-7-15-29(27)43-35(37)25-21-39-31-17-9-11-19-33(31)41-23-26(24-42-34-20-12-10-18-32(34)40-22-25)36-38(3,4)28-14-6-8-16-30(28)44-36/h5-24,39,44H,1-4H3. The Labute approximate surface area is 258 Å². The maximum Gasteiger partial charge on any atom is 0.0886 e. The lowest BCUT2D eigenvalue weighted by Crippen LogP contribution is -2.28. The van der Waals surface area contributed by atoms with Crippen LogP contribution in [0.1, 0.15) is 38.8 Å². The Hall–Kier alpha value is -5.36. The lowest BCUT2D eigenvalue weighted by atomic mass is 9.79. The second-order valence-corrected chi connectivity index (χ2v) is 12.3. The second-order valence-electron chi connectivity index (χ2n) is 12.3.